The molecule has 0 aliphatic rings. The number of ether oxygens (including phenoxy) is 1. The molecule has 0 fully saturated rings. The predicted molar refractivity (Wildman–Crippen MR) is 101 cm³/mol. The number of hydrogen-bond donors (Lipinski definition) is 2. The highest BCUT2D eigenvalue weighted by Gasteiger charge is 2.09. The van der Waals surface area contributed by atoms with Crippen molar-refractivity contribution in [3.05, 3.63) is 78.2 Å². The van der Waals surface area contributed by atoms with Crippen LogP contribution < -0.4 is 15.4 Å². The van der Waals surface area contributed by atoms with Gasteiger partial charge in [-0.15, -0.1) is 0 Å². The van der Waals surface area contributed by atoms with E-state index < -0.39 is 0 Å². The Hall–Kier alpha value is -3.41. The number of hydrogen-bond acceptors (Lipinski definition) is 5. The Morgan fingerprint density at radius 1 is 1.04 bits per heavy atom. The van der Waals surface area contributed by atoms with Crippen LogP contribution in [0.25, 0.3) is 0 Å². The first-order valence-corrected chi connectivity index (χ1v) is 8.30. The summed E-state index contributed by atoms with van der Waals surface area (Å²) in [5.74, 6) is 0.990. The molecule has 0 saturated carbocycles. The molecule has 0 unspecified atom stereocenters. The van der Waals surface area contributed by atoms with E-state index in [0.717, 1.165) is 12.1 Å². The monoisotopic (exact) mass is 348 g/mol. The third kappa shape index (κ3) is 4.57. The number of anilines is 2. The summed E-state index contributed by atoms with van der Waals surface area (Å²) >= 11 is 0. The first-order valence-electron chi connectivity index (χ1n) is 8.30. The first kappa shape index (κ1) is 17.4. The van der Waals surface area contributed by atoms with Crippen LogP contribution in [0.4, 0.5) is 11.5 Å². The summed E-state index contributed by atoms with van der Waals surface area (Å²) in [6.07, 6.45) is 2.13. The molecule has 1 aromatic heterocycles. The van der Waals surface area contributed by atoms with Gasteiger partial charge in [-0.1, -0.05) is 42.5 Å². The van der Waals surface area contributed by atoms with Crippen molar-refractivity contribution in [1.29, 1.82) is 0 Å². The number of nitrogens with zero attached hydrogens (tertiary/aromatic N) is 2. The van der Waals surface area contributed by atoms with E-state index in [1.54, 1.807) is 13.2 Å². The number of rotatable bonds is 7. The highest BCUT2D eigenvalue weighted by atomic mass is 16.5. The molecule has 6 heteroatoms. The molecule has 6 nitrogen and oxygen atoms in total. The molecule has 1 heterocycles. The first-order chi connectivity index (χ1) is 12.8. The molecule has 0 radical (unpaired) electrons. The quantitative estimate of drug-likeness (QED) is 0.686. The lowest BCUT2D eigenvalue weighted by Crippen LogP contribution is -2.26. The minimum absolute atomic E-state index is 0.230. The summed E-state index contributed by atoms with van der Waals surface area (Å²) < 4.78 is 5.31. The second-order valence-electron chi connectivity index (χ2n) is 5.61. The van der Waals surface area contributed by atoms with Crippen LogP contribution in [0.1, 0.15) is 16.1 Å². The van der Waals surface area contributed by atoms with Crippen molar-refractivity contribution in [1.82, 2.24) is 15.3 Å². The summed E-state index contributed by atoms with van der Waals surface area (Å²) in [5.41, 5.74) is 2.25. The van der Waals surface area contributed by atoms with Crippen LogP contribution >= 0.6 is 0 Å². The summed E-state index contributed by atoms with van der Waals surface area (Å²) in [7, 11) is 1.60. The summed E-state index contributed by atoms with van der Waals surface area (Å²) in [6, 6.07) is 19.1. The highest BCUT2D eigenvalue weighted by Crippen LogP contribution is 2.26. The van der Waals surface area contributed by atoms with Crippen molar-refractivity contribution in [2.75, 3.05) is 19.0 Å². The van der Waals surface area contributed by atoms with Gasteiger partial charge in [0, 0.05) is 12.6 Å². The molecule has 2 N–H and O–H groups in total. The molecule has 0 saturated heterocycles. The molecule has 132 valence electrons. The van der Waals surface area contributed by atoms with E-state index in [-0.39, 0.29) is 5.91 Å². The summed E-state index contributed by atoms with van der Waals surface area (Å²) in [6.45, 7) is 0.544. The lowest BCUT2D eigenvalue weighted by atomic mass is 10.1. The van der Waals surface area contributed by atoms with Gasteiger partial charge in [0.05, 0.1) is 12.8 Å². The van der Waals surface area contributed by atoms with Crippen molar-refractivity contribution in [2.45, 2.75) is 6.42 Å². The fourth-order valence-electron chi connectivity index (χ4n) is 2.49. The van der Waals surface area contributed by atoms with E-state index in [1.807, 2.05) is 54.6 Å². The van der Waals surface area contributed by atoms with E-state index >= 15 is 0 Å². The molecule has 0 bridgehead atoms. The van der Waals surface area contributed by atoms with E-state index in [1.165, 1.54) is 11.9 Å². The van der Waals surface area contributed by atoms with Gasteiger partial charge in [-0.25, -0.2) is 9.97 Å². The van der Waals surface area contributed by atoms with Gasteiger partial charge < -0.3 is 15.4 Å². The Morgan fingerprint density at radius 3 is 2.62 bits per heavy atom. The van der Waals surface area contributed by atoms with E-state index in [9.17, 15) is 4.79 Å². The fourth-order valence-corrected chi connectivity index (χ4v) is 2.49. The molecule has 0 spiro atoms. The number of aromatic nitrogens is 2. The van der Waals surface area contributed by atoms with Crippen molar-refractivity contribution < 1.29 is 9.53 Å². The van der Waals surface area contributed by atoms with Crippen molar-refractivity contribution in [2.24, 2.45) is 0 Å². The van der Waals surface area contributed by atoms with Gasteiger partial charge in [0.25, 0.3) is 5.91 Å². The molecule has 3 rings (SSSR count). The maximum absolute atomic E-state index is 12.3. The second kappa shape index (κ2) is 8.62. The van der Waals surface area contributed by atoms with Crippen LogP contribution in [-0.4, -0.2) is 29.5 Å². The Balaban J connectivity index is 1.62. The molecular formula is C20H20N4O2. The number of carbonyl (C=O) groups is 1. The lowest BCUT2D eigenvalue weighted by Gasteiger charge is -2.11. The maximum atomic E-state index is 12.3. The van der Waals surface area contributed by atoms with Crippen LogP contribution in [0.3, 0.4) is 0 Å². The number of amides is 1. The molecule has 3 aromatic rings. The van der Waals surface area contributed by atoms with Crippen molar-refractivity contribution >= 4 is 17.4 Å². The SMILES string of the molecule is COc1ccccc1Nc1cc(C(=O)NCCc2ccccc2)ncn1. The van der Waals surface area contributed by atoms with Crippen LogP contribution in [0.2, 0.25) is 0 Å². The van der Waals surface area contributed by atoms with E-state index in [4.69, 9.17) is 4.74 Å². The number of benzene rings is 2. The number of para-hydroxylation sites is 2. The zero-order valence-corrected chi connectivity index (χ0v) is 14.5. The minimum atomic E-state index is -0.230. The normalized spacial score (nSPS) is 10.2. The molecule has 0 aliphatic heterocycles. The van der Waals surface area contributed by atoms with Gasteiger partial charge >= 0.3 is 0 Å². The second-order valence-corrected chi connectivity index (χ2v) is 5.61. The fraction of sp³-hybridized carbons (Fsp3) is 0.150. The smallest absolute Gasteiger partial charge is 0.270 e. The highest BCUT2D eigenvalue weighted by molar-refractivity contribution is 5.93. The van der Waals surface area contributed by atoms with Crippen molar-refractivity contribution in [3.8, 4) is 5.75 Å². The van der Waals surface area contributed by atoms with Crippen LogP contribution in [0, 0.1) is 0 Å². The summed E-state index contributed by atoms with van der Waals surface area (Å²) in [5, 5.41) is 6.02. The summed E-state index contributed by atoms with van der Waals surface area (Å²) in [4.78, 5) is 20.5. The Morgan fingerprint density at radius 2 is 1.81 bits per heavy atom. The molecule has 0 atom stereocenters. The van der Waals surface area contributed by atoms with Gasteiger partial charge in [-0.05, 0) is 24.1 Å². The molecule has 1 amide bonds. The molecule has 26 heavy (non-hydrogen) atoms. The average Bonchev–Trinajstić information content (AvgIpc) is 2.69. The number of carbonyl (C=O) groups excluding carboxylic acids is 1. The Labute approximate surface area is 152 Å². The predicted octanol–water partition coefficient (Wildman–Crippen LogP) is 3.20. The lowest BCUT2D eigenvalue weighted by molar-refractivity contribution is 0.0949. The zero-order chi connectivity index (χ0) is 18.2. The molecule has 2 aromatic carbocycles. The van der Waals surface area contributed by atoms with Crippen molar-refractivity contribution in [3.63, 3.8) is 0 Å². The zero-order valence-electron chi connectivity index (χ0n) is 14.5. The minimum Gasteiger partial charge on any atom is -0.495 e. The van der Waals surface area contributed by atoms with Crippen LogP contribution in [0.5, 0.6) is 5.75 Å². The Kier molecular flexibility index (Phi) is 5.77. The largest absolute Gasteiger partial charge is 0.495 e. The molecular weight excluding hydrogens is 328 g/mol. The van der Waals surface area contributed by atoms with Gasteiger partial charge in [0.2, 0.25) is 0 Å². The Bertz CT molecular complexity index is 868. The third-order valence-electron chi connectivity index (χ3n) is 3.81. The average molecular weight is 348 g/mol. The van der Waals surface area contributed by atoms with E-state index in [2.05, 4.69) is 20.6 Å². The van der Waals surface area contributed by atoms with Gasteiger partial charge in [0.1, 0.15) is 23.6 Å². The van der Waals surface area contributed by atoms with Crippen LogP contribution in [0.15, 0.2) is 67.0 Å². The maximum Gasteiger partial charge on any atom is 0.270 e. The van der Waals surface area contributed by atoms with Crippen LogP contribution in [-0.2, 0) is 6.42 Å². The van der Waals surface area contributed by atoms with Gasteiger partial charge in [0.15, 0.2) is 0 Å². The van der Waals surface area contributed by atoms with Gasteiger partial charge in [-0.3, -0.25) is 4.79 Å². The standard InChI is InChI=1S/C20H20N4O2/c1-26-18-10-6-5-9-16(18)24-19-13-17(22-14-23-19)20(25)21-12-11-15-7-3-2-4-8-15/h2-10,13-14H,11-12H2,1H3,(H,21,25)(H,22,23,24). The topological polar surface area (TPSA) is 76.1 Å². The van der Waals surface area contributed by atoms with E-state index in [0.29, 0.717) is 23.8 Å². The number of methoxy groups -OCH3 is 1. The van der Waals surface area contributed by atoms with Gasteiger partial charge in [-0.2, -0.15) is 0 Å². The molecule has 0 aliphatic carbocycles. The number of nitrogens with one attached hydrogen (secondary N) is 2. The third-order valence-corrected chi connectivity index (χ3v) is 3.81.